The van der Waals surface area contributed by atoms with Gasteiger partial charge in [0.25, 0.3) is 5.91 Å². The van der Waals surface area contributed by atoms with Gasteiger partial charge in [-0.15, -0.1) is 0 Å². The summed E-state index contributed by atoms with van der Waals surface area (Å²) in [6, 6.07) is 9.79. The summed E-state index contributed by atoms with van der Waals surface area (Å²) in [6.45, 7) is 3.89. The summed E-state index contributed by atoms with van der Waals surface area (Å²) in [5.74, 6) is -0.137. The van der Waals surface area contributed by atoms with E-state index in [1.165, 1.54) is 0 Å². The molecule has 3 rings (SSSR count). The number of amides is 1. The Hall–Kier alpha value is -2.69. The van der Waals surface area contributed by atoms with Crippen LogP contribution in [0.5, 0.6) is 0 Å². The molecule has 0 radical (unpaired) electrons. The van der Waals surface area contributed by atoms with Gasteiger partial charge in [0.1, 0.15) is 5.76 Å². The van der Waals surface area contributed by atoms with Crippen molar-refractivity contribution >= 4 is 17.4 Å². The average Bonchev–Trinajstić information content (AvgIpc) is 2.45. The number of carbonyl (C=O) groups excluding carboxylic acids is 2. The molecular weight excluding hydrogens is 294 g/mol. The van der Waals surface area contributed by atoms with Crippen molar-refractivity contribution in [3.8, 4) is 0 Å². The van der Waals surface area contributed by atoms with Crippen molar-refractivity contribution in [1.82, 2.24) is 0 Å². The van der Waals surface area contributed by atoms with E-state index in [9.17, 15) is 14.4 Å². The molecule has 1 heterocycles. The third kappa shape index (κ3) is 3.08. The zero-order valence-electron chi connectivity index (χ0n) is 13.0. The first-order chi connectivity index (χ1) is 10.9. The summed E-state index contributed by atoms with van der Waals surface area (Å²) in [4.78, 5) is 36.5. The zero-order chi connectivity index (χ0) is 16.6. The molecule has 1 aliphatic rings. The molecule has 5 nitrogen and oxygen atoms in total. The predicted octanol–water partition coefficient (Wildman–Crippen LogP) is 3.05. The molecule has 0 aliphatic heterocycles. The Kier molecular flexibility index (Phi) is 3.64. The number of carbonyl (C=O) groups is 2. The number of rotatable bonds is 2. The largest absolute Gasteiger partial charge is 0.427 e. The first-order valence-electron chi connectivity index (χ1n) is 7.42. The second-order valence-electron chi connectivity index (χ2n) is 6.54. The third-order valence-corrected chi connectivity index (χ3v) is 3.88. The van der Waals surface area contributed by atoms with E-state index in [1.54, 1.807) is 30.3 Å². The van der Waals surface area contributed by atoms with Gasteiger partial charge in [0.05, 0.1) is 11.3 Å². The molecule has 1 aromatic heterocycles. The Labute approximate surface area is 133 Å². The van der Waals surface area contributed by atoms with Crippen LogP contribution in [0.15, 0.2) is 45.6 Å². The third-order valence-electron chi connectivity index (χ3n) is 3.88. The van der Waals surface area contributed by atoms with Crippen molar-refractivity contribution in [3.63, 3.8) is 0 Å². The predicted molar refractivity (Wildman–Crippen MR) is 85.8 cm³/mol. The molecule has 1 N–H and O–H groups in total. The van der Waals surface area contributed by atoms with Gasteiger partial charge in [-0.2, -0.15) is 0 Å². The monoisotopic (exact) mass is 311 g/mol. The second kappa shape index (κ2) is 5.50. The van der Waals surface area contributed by atoms with Crippen molar-refractivity contribution in [2.75, 3.05) is 5.32 Å². The number of hydrogen-bond donors (Lipinski definition) is 1. The Balaban J connectivity index is 2.01. The second-order valence-corrected chi connectivity index (χ2v) is 6.54. The minimum absolute atomic E-state index is 0.122. The van der Waals surface area contributed by atoms with Gasteiger partial charge in [-0.3, -0.25) is 9.59 Å². The number of anilines is 1. The number of ketones is 1. The van der Waals surface area contributed by atoms with Crippen LogP contribution in [0.3, 0.4) is 0 Å². The van der Waals surface area contributed by atoms with E-state index in [1.807, 2.05) is 13.8 Å². The molecule has 0 bridgehead atoms. The molecule has 0 saturated carbocycles. The standard InChI is InChI=1S/C18H17NO4/c1-18(2)9-13(20)16-12(8-15(21)23-14(16)10-18)19-17(22)11-6-4-3-5-7-11/h3-8H,9-10H2,1-2H3,(H,19,22). The summed E-state index contributed by atoms with van der Waals surface area (Å²) in [7, 11) is 0. The van der Waals surface area contributed by atoms with Gasteiger partial charge in [-0.1, -0.05) is 32.0 Å². The average molecular weight is 311 g/mol. The quantitative estimate of drug-likeness (QED) is 0.925. The molecular formula is C18H17NO4. The van der Waals surface area contributed by atoms with Crippen LogP contribution in [0, 0.1) is 5.41 Å². The van der Waals surface area contributed by atoms with Gasteiger partial charge in [0, 0.05) is 24.5 Å². The first-order valence-corrected chi connectivity index (χ1v) is 7.42. The smallest absolute Gasteiger partial charge is 0.337 e. The lowest BCUT2D eigenvalue weighted by Gasteiger charge is -2.29. The van der Waals surface area contributed by atoms with Crippen LogP contribution < -0.4 is 10.9 Å². The van der Waals surface area contributed by atoms with Gasteiger partial charge >= 0.3 is 5.63 Å². The lowest BCUT2D eigenvalue weighted by Crippen LogP contribution is -2.30. The van der Waals surface area contributed by atoms with E-state index in [2.05, 4.69) is 5.32 Å². The molecule has 118 valence electrons. The fourth-order valence-corrected chi connectivity index (χ4v) is 2.88. The van der Waals surface area contributed by atoms with Crippen LogP contribution in [0.1, 0.15) is 46.7 Å². The van der Waals surface area contributed by atoms with E-state index in [-0.39, 0.29) is 22.8 Å². The van der Waals surface area contributed by atoms with E-state index >= 15 is 0 Å². The molecule has 5 heteroatoms. The summed E-state index contributed by atoms with van der Waals surface area (Å²) < 4.78 is 5.21. The van der Waals surface area contributed by atoms with Gasteiger partial charge in [0.15, 0.2) is 5.78 Å². The maximum Gasteiger partial charge on any atom is 0.337 e. The highest BCUT2D eigenvalue weighted by atomic mass is 16.4. The van der Waals surface area contributed by atoms with E-state index in [0.29, 0.717) is 29.7 Å². The van der Waals surface area contributed by atoms with Gasteiger partial charge in [0.2, 0.25) is 0 Å². The van der Waals surface area contributed by atoms with Crippen LogP contribution in [0.2, 0.25) is 0 Å². The van der Waals surface area contributed by atoms with Gasteiger partial charge in [-0.25, -0.2) is 4.79 Å². The highest BCUT2D eigenvalue weighted by Gasteiger charge is 2.35. The SMILES string of the molecule is CC1(C)CC(=O)c2c(NC(=O)c3ccccc3)cc(=O)oc2C1. The van der Waals surface area contributed by atoms with Crippen LogP contribution in [-0.2, 0) is 6.42 Å². The Morgan fingerprint density at radius 2 is 1.83 bits per heavy atom. The first kappa shape index (κ1) is 15.2. The topological polar surface area (TPSA) is 76.4 Å². The molecule has 23 heavy (non-hydrogen) atoms. The number of hydrogen-bond acceptors (Lipinski definition) is 4. The van der Waals surface area contributed by atoms with Crippen molar-refractivity contribution in [2.24, 2.45) is 5.41 Å². The number of fused-ring (bicyclic) bond motifs is 1. The summed E-state index contributed by atoms with van der Waals surface area (Å²) in [5, 5.41) is 2.67. The van der Waals surface area contributed by atoms with Crippen molar-refractivity contribution in [2.45, 2.75) is 26.7 Å². The van der Waals surface area contributed by atoms with E-state index in [0.717, 1.165) is 6.07 Å². The highest BCUT2D eigenvalue weighted by Crippen LogP contribution is 2.36. The zero-order valence-corrected chi connectivity index (χ0v) is 13.0. The van der Waals surface area contributed by atoms with E-state index in [4.69, 9.17) is 4.42 Å². The fourth-order valence-electron chi connectivity index (χ4n) is 2.88. The molecule has 0 saturated heterocycles. The number of benzene rings is 1. The Morgan fingerprint density at radius 1 is 1.13 bits per heavy atom. The maximum absolute atomic E-state index is 12.4. The van der Waals surface area contributed by atoms with Gasteiger partial charge in [-0.05, 0) is 17.5 Å². The lowest BCUT2D eigenvalue weighted by molar-refractivity contribution is 0.0899. The fraction of sp³-hybridized carbons (Fsp3) is 0.278. The molecule has 0 unspecified atom stereocenters. The summed E-state index contributed by atoms with van der Waals surface area (Å²) >= 11 is 0. The Bertz CT molecular complexity index is 834. The number of Topliss-reactive ketones (excluding diaryl/α,β-unsaturated/α-hetero) is 1. The van der Waals surface area contributed by atoms with Crippen LogP contribution >= 0.6 is 0 Å². The molecule has 0 atom stereocenters. The summed E-state index contributed by atoms with van der Waals surface area (Å²) in [5.41, 5.74) is 0.164. The van der Waals surface area contributed by atoms with Crippen molar-refractivity contribution in [1.29, 1.82) is 0 Å². The molecule has 1 aromatic carbocycles. The molecule has 0 fully saturated rings. The highest BCUT2D eigenvalue weighted by molar-refractivity contribution is 6.10. The van der Waals surface area contributed by atoms with Crippen molar-refractivity contribution < 1.29 is 14.0 Å². The summed E-state index contributed by atoms with van der Waals surface area (Å²) in [6.07, 6.45) is 0.834. The maximum atomic E-state index is 12.4. The molecule has 1 aliphatic carbocycles. The van der Waals surface area contributed by atoms with Crippen molar-refractivity contribution in [3.05, 3.63) is 63.7 Å². The number of nitrogens with one attached hydrogen (secondary N) is 1. The van der Waals surface area contributed by atoms with Crippen LogP contribution in [0.4, 0.5) is 5.69 Å². The molecule has 1 amide bonds. The van der Waals surface area contributed by atoms with E-state index < -0.39 is 5.63 Å². The minimum atomic E-state index is -0.572. The van der Waals surface area contributed by atoms with Crippen LogP contribution in [0.25, 0.3) is 0 Å². The Morgan fingerprint density at radius 3 is 2.52 bits per heavy atom. The molecule has 2 aromatic rings. The molecule has 0 spiro atoms. The normalized spacial score (nSPS) is 15.8. The van der Waals surface area contributed by atoms with Crippen LogP contribution in [-0.4, -0.2) is 11.7 Å². The lowest BCUT2D eigenvalue weighted by atomic mass is 9.76. The van der Waals surface area contributed by atoms with Gasteiger partial charge < -0.3 is 9.73 Å². The minimum Gasteiger partial charge on any atom is -0.427 e.